The van der Waals surface area contributed by atoms with Gasteiger partial charge in [-0.05, 0) is 31.7 Å². The molecule has 0 aliphatic heterocycles. The molecule has 19 heavy (non-hydrogen) atoms. The Labute approximate surface area is 114 Å². The molecule has 0 amide bonds. The van der Waals surface area contributed by atoms with Gasteiger partial charge in [0.2, 0.25) is 0 Å². The molecule has 1 aromatic rings. The van der Waals surface area contributed by atoms with Gasteiger partial charge in [0.05, 0.1) is 6.10 Å². The number of aliphatic imine (C=N–C) groups is 1. The van der Waals surface area contributed by atoms with Crippen molar-refractivity contribution in [3.8, 4) is 0 Å². The molecule has 4 N–H and O–H groups in total. The summed E-state index contributed by atoms with van der Waals surface area (Å²) < 4.78 is 0. The number of rotatable bonds is 6. The number of nitrogens with zero attached hydrogens (tertiary/aromatic N) is 1. The molecule has 2 atom stereocenters. The van der Waals surface area contributed by atoms with Gasteiger partial charge in [0, 0.05) is 18.5 Å². The first-order valence-corrected chi connectivity index (χ1v) is 6.94. The van der Waals surface area contributed by atoms with Gasteiger partial charge in [-0.1, -0.05) is 30.3 Å². The van der Waals surface area contributed by atoms with Gasteiger partial charge in [0.1, 0.15) is 0 Å². The molecule has 1 saturated carbocycles. The third-order valence-electron chi connectivity index (χ3n) is 3.31. The Hall–Kier alpha value is -1.55. The van der Waals surface area contributed by atoms with E-state index >= 15 is 0 Å². The average Bonchev–Trinajstić information content (AvgIpc) is 3.19. The summed E-state index contributed by atoms with van der Waals surface area (Å²) in [6, 6.07) is 10.7. The van der Waals surface area contributed by atoms with Crippen molar-refractivity contribution in [2.45, 2.75) is 44.2 Å². The molecule has 0 saturated heterocycles. The smallest absolute Gasteiger partial charge is 0.188 e. The molecule has 4 nitrogen and oxygen atoms in total. The van der Waals surface area contributed by atoms with Crippen molar-refractivity contribution in [1.29, 1.82) is 0 Å². The minimum Gasteiger partial charge on any atom is -0.393 e. The summed E-state index contributed by atoms with van der Waals surface area (Å²) in [4.78, 5) is 4.41. The summed E-state index contributed by atoms with van der Waals surface area (Å²) in [5.41, 5.74) is 7.05. The van der Waals surface area contributed by atoms with Crippen molar-refractivity contribution in [3.05, 3.63) is 35.9 Å². The number of aliphatic hydroxyl groups excluding tert-OH is 1. The van der Waals surface area contributed by atoms with E-state index in [9.17, 15) is 5.11 Å². The molecule has 4 heteroatoms. The van der Waals surface area contributed by atoms with Crippen molar-refractivity contribution in [2.75, 3.05) is 6.54 Å². The normalized spacial score (nSPS) is 18.9. The lowest BCUT2D eigenvalue weighted by atomic mass is 9.93. The SMILES string of the molecule is CC(O)CC(CN=C(N)NC1CC1)c1ccccc1. The first kappa shape index (κ1) is 13.9. The van der Waals surface area contributed by atoms with Gasteiger partial charge in [-0.3, -0.25) is 4.99 Å². The molecule has 2 unspecified atom stereocenters. The van der Waals surface area contributed by atoms with Crippen LogP contribution in [0.15, 0.2) is 35.3 Å². The first-order valence-electron chi connectivity index (χ1n) is 6.94. The Kier molecular flexibility index (Phi) is 4.80. The highest BCUT2D eigenvalue weighted by Gasteiger charge is 2.21. The van der Waals surface area contributed by atoms with Gasteiger partial charge < -0.3 is 16.2 Å². The van der Waals surface area contributed by atoms with Crippen molar-refractivity contribution in [2.24, 2.45) is 10.7 Å². The van der Waals surface area contributed by atoms with Crippen LogP contribution in [0.2, 0.25) is 0 Å². The second kappa shape index (κ2) is 6.57. The van der Waals surface area contributed by atoms with Crippen LogP contribution in [-0.2, 0) is 0 Å². The van der Waals surface area contributed by atoms with E-state index in [0.29, 0.717) is 25.0 Å². The first-order chi connectivity index (χ1) is 9.15. The fraction of sp³-hybridized carbons (Fsp3) is 0.533. The fourth-order valence-electron chi connectivity index (χ4n) is 2.14. The largest absolute Gasteiger partial charge is 0.393 e. The van der Waals surface area contributed by atoms with E-state index in [1.807, 2.05) is 25.1 Å². The summed E-state index contributed by atoms with van der Waals surface area (Å²) in [6.45, 7) is 2.42. The van der Waals surface area contributed by atoms with E-state index in [1.54, 1.807) is 0 Å². The summed E-state index contributed by atoms with van der Waals surface area (Å²) in [5.74, 6) is 0.731. The zero-order valence-corrected chi connectivity index (χ0v) is 11.4. The molecule has 2 rings (SSSR count). The second-order valence-electron chi connectivity index (χ2n) is 5.34. The maximum atomic E-state index is 9.61. The number of guanidine groups is 1. The van der Waals surface area contributed by atoms with E-state index in [4.69, 9.17) is 5.73 Å². The van der Waals surface area contributed by atoms with Crippen LogP contribution in [0.5, 0.6) is 0 Å². The Morgan fingerprint density at radius 3 is 2.68 bits per heavy atom. The molecule has 1 aliphatic carbocycles. The lowest BCUT2D eigenvalue weighted by Gasteiger charge is -2.17. The van der Waals surface area contributed by atoms with Crippen LogP contribution in [0, 0.1) is 0 Å². The zero-order chi connectivity index (χ0) is 13.7. The highest BCUT2D eigenvalue weighted by atomic mass is 16.3. The quantitative estimate of drug-likeness (QED) is 0.538. The highest BCUT2D eigenvalue weighted by molar-refractivity contribution is 5.78. The number of benzene rings is 1. The van der Waals surface area contributed by atoms with Crippen LogP contribution in [0.3, 0.4) is 0 Å². The topological polar surface area (TPSA) is 70.6 Å². The van der Waals surface area contributed by atoms with Gasteiger partial charge in [-0.2, -0.15) is 0 Å². The standard InChI is InChI=1S/C15H23N3O/c1-11(19)9-13(12-5-3-2-4-6-12)10-17-15(16)18-14-7-8-14/h2-6,11,13-14,19H,7-10H2,1H3,(H3,16,17,18). The van der Waals surface area contributed by atoms with Gasteiger partial charge in [-0.25, -0.2) is 0 Å². The van der Waals surface area contributed by atoms with Crippen molar-refractivity contribution in [1.82, 2.24) is 5.32 Å². The van der Waals surface area contributed by atoms with Crippen LogP contribution in [0.4, 0.5) is 0 Å². The summed E-state index contributed by atoms with van der Waals surface area (Å²) >= 11 is 0. The van der Waals surface area contributed by atoms with E-state index in [-0.39, 0.29) is 12.0 Å². The Bertz CT molecular complexity index is 413. The molecule has 0 heterocycles. The predicted octanol–water partition coefficient (Wildman–Crippen LogP) is 1.61. The molecule has 1 aliphatic rings. The third-order valence-corrected chi connectivity index (χ3v) is 3.31. The summed E-state index contributed by atoms with van der Waals surface area (Å²) in [5, 5.41) is 12.8. The third kappa shape index (κ3) is 4.91. The fourth-order valence-corrected chi connectivity index (χ4v) is 2.14. The number of nitrogens with one attached hydrogen (secondary N) is 1. The molecule has 0 aromatic heterocycles. The van der Waals surface area contributed by atoms with Gasteiger partial charge in [0.15, 0.2) is 5.96 Å². The van der Waals surface area contributed by atoms with Crippen LogP contribution in [0.1, 0.15) is 37.7 Å². The maximum Gasteiger partial charge on any atom is 0.188 e. The van der Waals surface area contributed by atoms with Crippen molar-refractivity contribution >= 4 is 5.96 Å². The lowest BCUT2D eigenvalue weighted by Crippen LogP contribution is -2.33. The van der Waals surface area contributed by atoms with Crippen LogP contribution >= 0.6 is 0 Å². The van der Waals surface area contributed by atoms with Crippen molar-refractivity contribution in [3.63, 3.8) is 0 Å². The highest BCUT2D eigenvalue weighted by Crippen LogP contribution is 2.22. The molecular weight excluding hydrogens is 238 g/mol. The number of aliphatic hydroxyl groups is 1. The molecule has 1 aromatic carbocycles. The monoisotopic (exact) mass is 261 g/mol. The molecule has 0 bridgehead atoms. The maximum absolute atomic E-state index is 9.61. The van der Waals surface area contributed by atoms with E-state index in [1.165, 1.54) is 18.4 Å². The zero-order valence-electron chi connectivity index (χ0n) is 11.4. The molecule has 0 radical (unpaired) electrons. The molecule has 0 spiro atoms. The summed E-state index contributed by atoms with van der Waals surface area (Å²) in [7, 11) is 0. The lowest BCUT2D eigenvalue weighted by molar-refractivity contribution is 0.175. The number of hydrogen-bond acceptors (Lipinski definition) is 2. The van der Waals surface area contributed by atoms with E-state index in [2.05, 4.69) is 22.4 Å². The van der Waals surface area contributed by atoms with Gasteiger partial charge in [0.25, 0.3) is 0 Å². The number of nitrogens with two attached hydrogens (primary N) is 1. The minimum absolute atomic E-state index is 0.209. The van der Waals surface area contributed by atoms with Crippen LogP contribution in [-0.4, -0.2) is 29.8 Å². The van der Waals surface area contributed by atoms with Crippen molar-refractivity contribution < 1.29 is 5.11 Å². The molecule has 1 fully saturated rings. The van der Waals surface area contributed by atoms with E-state index in [0.717, 1.165) is 0 Å². The van der Waals surface area contributed by atoms with E-state index < -0.39 is 0 Å². The average molecular weight is 261 g/mol. The number of hydrogen-bond donors (Lipinski definition) is 3. The van der Waals surface area contributed by atoms with Gasteiger partial charge >= 0.3 is 0 Å². The van der Waals surface area contributed by atoms with Gasteiger partial charge in [-0.15, -0.1) is 0 Å². The minimum atomic E-state index is -0.335. The van der Waals surface area contributed by atoms with Crippen LogP contribution < -0.4 is 11.1 Å². The Balaban J connectivity index is 1.97. The molecule has 104 valence electrons. The molecular formula is C15H23N3O. The second-order valence-corrected chi connectivity index (χ2v) is 5.34. The Morgan fingerprint density at radius 1 is 1.42 bits per heavy atom. The van der Waals surface area contributed by atoms with Crippen LogP contribution in [0.25, 0.3) is 0 Å². The Morgan fingerprint density at radius 2 is 2.11 bits per heavy atom. The summed E-state index contributed by atoms with van der Waals surface area (Å²) in [6.07, 6.45) is 2.74. The predicted molar refractivity (Wildman–Crippen MR) is 78.1 cm³/mol.